The van der Waals surface area contributed by atoms with Gasteiger partial charge in [0.25, 0.3) is 0 Å². The molecule has 2 N–H and O–H groups in total. The number of benzene rings is 2. The smallest absolute Gasteiger partial charge is 0.243 e. The minimum Gasteiger partial charge on any atom is -0.326 e. The van der Waals surface area contributed by atoms with E-state index in [0.717, 1.165) is 31.2 Å². The zero-order valence-electron chi connectivity index (χ0n) is 19.0. The van der Waals surface area contributed by atoms with Gasteiger partial charge in [0.05, 0.1) is 9.79 Å². The predicted molar refractivity (Wildman–Crippen MR) is 128 cm³/mol. The van der Waals surface area contributed by atoms with Crippen molar-refractivity contribution in [2.45, 2.75) is 61.8 Å². The maximum atomic E-state index is 13.0. The van der Waals surface area contributed by atoms with E-state index in [1.54, 1.807) is 28.6 Å². The normalized spacial score (nSPS) is 17.6. The summed E-state index contributed by atoms with van der Waals surface area (Å²) in [7, 11) is -7.27. The van der Waals surface area contributed by atoms with Gasteiger partial charge < -0.3 is 5.32 Å². The third kappa shape index (κ3) is 6.41. The van der Waals surface area contributed by atoms with Gasteiger partial charge >= 0.3 is 0 Å². The van der Waals surface area contributed by atoms with Crippen LogP contribution in [0.1, 0.15) is 44.6 Å². The van der Waals surface area contributed by atoms with Gasteiger partial charge in [-0.05, 0) is 62.6 Å². The molecule has 33 heavy (non-hydrogen) atoms. The Morgan fingerprint density at radius 1 is 0.970 bits per heavy atom. The van der Waals surface area contributed by atoms with E-state index in [0.29, 0.717) is 12.2 Å². The van der Waals surface area contributed by atoms with Gasteiger partial charge in [0, 0.05) is 31.2 Å². The molecule has 3 rings (SSSR count). The van der Waals surface area contributed by atoms with Crippen molar-refractivity contribution in [2.75, 3.05) is 18.4 Å². The fourth-order valence-corrected chi connectivity index (χ4v) is 6.67. The molecule has 1 fully saturated rings. The fourth-order valence-electron chi connectivity index (χ4n) is 3.87. The van der Waals surface area contributed by atoms with E-state index < -0.39 is 20.0 Å². The summed E-state index contributed by atoms with van der Waals surface area (Å²) in [6.45, 7) is 4.34. The van der Waals surface area contributed by atoms with E-state index in [-0.39, 0.29) is 34.7 Å². The van der Waals surface area contributed by atoms with Crippen LogP contribution in [0.15, 0.2) is 58.3 Å². The molecule has 0 saturated carbocycles. The summed E-state index contributed by atoms with van der Waals surface area (Å²) in [5.41, 5.74) is 1.40. The molecule has 1 aliphatic heterocycles. The lowest BCUT2D eigenvalue weighted by Crippen LogP contribution is -2.43. The summed E-state index contributed by atoms with van der Waals surface area (Å²) in [4.78, 5) is 12.6. The van der Waals surface area contributed by atoms with Crippen molar-refractivity contribution in [2.24, 2.45) is 0 Å². The van der Waals surface area contributed by atoms with Crippen molar-refractivity contribution >= 4 is 31.6 Å². The van der Waals surface area contributed by atoms with Crippen molar-refractivity contribution in [3.63, 3.8) is 0 Å². The summed E-state index contributed by atoms with van der Waals surface area (Å²) in [6.07, 6.45) is 3.49. The Morgan fingerprint density at radius 3 is 2.24 bits per heavy atom. The van der Waals surface area contributed by atoms with Gasteiger partial charge in [0.2, 0.25) is 26.0 Å². The molecule has 2 aromatic rings. The Hall–Kier alpha value is -2.27. The number of sulfonamides is 2. The maximum absolute atomic E-state index is 13.0. The average molecular weight is 494 g/mol. The lowest BCUT2D eigenvalue weighted by Gasteiger charge is -2.34. The monoisotopic (exact) mass is 493 g/mol. The van der Waals surface area contributed by atoms with Gasteiger partial charge in [-0.1, -0.05) is 31.0 Å². The molecule has 0 radical (unpaired) electrons. The van der Waals surface area contributed by atoms with E-state index in [9.17, 15) is 21.6 Å². The van der Waals surface area contributed by atoms with Crippen LogP contribution in [0.2, 0.25) is 0 Å². The van der Waals surface area contributed by atoms with Crippen LogP contribution < -0.4 is 10.0 Å². The molecule has 1 amide bonds. The number of rotatable bonds is 9. The Balaban J connectivity index is 1.55. The number of carbonyl (C=O) groups excluding carboxylic acids is 1. The number of hydrogen-bond donors (Lipinski definition) is 2. The Morgan fingerprint density at radius 2 is 1.61 bits per heavy atom. The van der Waals surface area contributed by atoms with E-state index >= 15 is 0 Å². The van der Waals surface area contributed by atoms with Gasteiger partial charge in [0.15, 0.2) is 0 Å². The molecule has 1 saturated heterocycles. The number of nitrogens with zero attached hydrogens (tertiary/aromatic N) is 1. The first-order chi connectivity index (χ1) is 15.6. The first-order valence-electron chi connectivity index (χ1n) is 11.1. The molecule has 0 bridgehead atoms. The van der Waals surface area contributed by atoms with Crippen LogP contribution in [-0.2, 0) is 24.8 Å². The Kier molecular flexibility index (Phi) is 8.28. The van der Waals surface area contributed by atoms with E-state index in [1.165, 1.54) is 24.3 Å². The number of anilines is 1. The van der Waals surface area contributed by atoms with Crippen LogP contribution in [0.4, 0.5) is 5.69 Å². The van der Waals surface area contributed by atoms with Gasteiger partial charge in [-0.3, -0.25) is 4.79 Å². The quantitative estimate of drug-likeness (QED) is 0.557. The third-order valence-corrected chi connectivity index (χ3v) is 9.21. The van der Waals surface area contributed by atoms with Crippen LogP contribution in [0.5, 0.6) is 0 Å². The molecule has 2 aromatic carbocycles. The SMILES string of the molecule is CCC1CCCCN1S(=O)(=O)c1ccc(NC(=O)CCNS(=O)(=O)c2ccc(C)cc2)cc1. The van der Waals surface area contributed by atoms with Crippen LogP contribution >= 0.6 is 0 Å². The molecule has 10 heteroatoms. The first-order valence-corrected chi connectivity index (χ1v) is 14.0. The lowest BCUT2D eigenvalue weighted by molar-refractivity contribution is -0.116. The van der Waals surface area contributed by atoms with Crippen LogP contribution in [0.25, 0.3) is 0 Å². The van der Waals surface area contributed by atoms with Crippen LogP contribution in [0.3, 0.4) is 0 Å². The molecule has 180 valence electrons. The molecule has 1 atom stereocenters. The maximum Gasteiger partial charge on any atom is 0.243 e. The molecule has 1 heterocycles. The second-order valence-corrected chi connectivity index (χ2v) is 11.9. The minimum absolute atomic E-state index is 0.0202. The standard InChI is InChI=1S/C23H31N3O5S2/c1-3-20-6-4-5-17-26(20)33(30,31)22-13-9-19(10-14-22)25-23(27)15-16-24-32(28,29)21-11-7-18(2)8-12-21/h7-14,20,24H,3-6,15-17H2,1-2H3,(H,25,27). The van der Waals surface area contributed by atoms with E-state index in [4.69, 9.17) is 0 Å². The Labute approximate surface area is 196 Å². The number of carbonyl (C=O) groups is 1. The van der Waals surface area contributed by atoms with Crippen molar-refractivity contribution in [3.05, 3.63) is 54.1 Å². The van der Waals surface area contributed by atoms with Gasteiger partial charge in [0.1, 0.15) is 0 Å². The zero-order chi connectivity index (χ0) is 24.1. The summed E-state index contributed by atoms with van der Waals surface area (Å²) < 4.78 is 54.6. The Bertz CT molecular complexity index is 1160. The molecule has 1 aliphatic rings. The summed E-state index contributed by atoms with van der Waals surface area (Å²) in [5, 5.41) is 2.67. The molecule has 1 unspecified atom stereocenters. The minimum atomic E-state index is -3.69. The first kappa shape index (κ1) is 25.4. The topological polar surface area (TPSA) is 113 Å². The molecule has 8 nitrogen and oxygen atoms in total. The average Bonchev–Trinajstić information content (AvgIpc) is 2.79. The third-order valence-electron chi connectivity index (χ3n) is 5.76. The number of aryl methyl sites for hydroxylation is 1. The molecule has 0 aromatic heterocycles. The zero-order valence-corrected chi connectivity index (χ0v) is 20.6. The van der Waals surface area contributed by atoms with Crippen molar-refractivity contribution in [3.8, 4) is 0 Å². The lowest BCUT2D eigenvalue weighted by atomic mass is 10.0. The van der Waals surface area contributed by atoms with Crippen LogP contribution in [-0.4, -0.2) is 46.2 Å². The largest absolute Gasteiger partial charge is 0.326 e. The van der Waals surface area contributed by atoms with Gasteiger partial charge in [-0.2, -0.15) is 4.31 Å². The highest BCUT2D eigenvalue weighted by molar-refractivity contribution is 7.89. The van der Waals surface area contributed by atoms with Gasteiger partial charge in [-0.15, -0.1) is 0 Å². The molecular weight excluding hydrogens is 462 g/mol. The number of piperidine rings is 1. The van der Waals surface area contributed by atoms with Crippen molar-refractivity contribution < 1.29 is 21.6 Å². The summed E-state index contributed by atoms with van der Waals surface area (Å²) in [5.74, 6) is -0.376. The fraction of sp³-hybridized carbons (Fsp3) is 0.435. The summed E-state index contributed by atoms with van der Waals surface area (Å²) >= 11 is 0. The molecule has 0 aliphatic carbocycles. The van der Waals surface area contributed by atoms with Gasteiger partial charge in [-0.25, -0.2) is 21.6 Å². The number of amides is 1. The highest BCUT2D eigenvalue weighted by atomic mass is 32.2. The molecular formula is C23H31N3O5S2. The highest BCUT2D eigenvalue weighted by Gasteiger charge is 2.32. The van der Waals surface area contributed by atoms with Crippen molar-refractivity contribution in [1.29, 1.82) is 0 Å². The van der Waals surface area contributed by atoms with E-state index in [1.807, 2.05) is 13.8 Å². The number of nitrogens with one attached hydrogen (secondary N) is 2. The highest BCUT2D eigenvalue weighted by Crippen LogP contribution is 2.27. The number of hydrogen-bond acceptors (Lipinski definition) is 5. The van der Waals surface area contributed by atoms with Crippen molar-refractivity contribution in [1.82, 2.24) is 9.03 Å². The predicted octanol–water partition coefficient (Wildman–Crippen LogP) is 3.26. The second kappa shape index (κ2) is 10.8. The summed E-state index contributed by atoms with van der Waals surface area (Å²) in [6, 6.07) is 12.5. The van der Waals surface area contributed by atoms with Crippen LogP contribution in [0, 0.1) is 6.92 Å². The molecule has 0 spiro atoms. The van der Waals surface area contributed by atoms with E-state index in [2.05, 4.69) is 10.0 Å². The second-order valence-electron chi connectivity index (χ2n) is 8.21.